The van der Waals surface area contributed by atoms with Gasteiger partial charge in [0.1, 0.15) is 0 Å². The van der Waals surface area contributed by atoms with Gasteiger partial charge < -0.3 is 0 Å². The molecule has 1 fully saturated rings. The summed E-state index contributed by atoms with van der Waals surface area (Å²) in [5.41, 5.74) is 1.09. The van der Waals surface area contributed by atoms with Crippen LogP contribution < -0.4 is 15.4 Å². The molecule has 0 spiro atoms. The normalized spacial score (nSPS) is 26.9. The molecule has 3 aliphatic heterocycles. The first-order valence-electron chi connectivity index (χ1n) is 9.51. The van der Waals surface area contributed by atoms with Crippen LogP contribution in [-0.2, 0) is 20.7 Å². The van der Waals surface area contributed by atoms with Gasteiger partial charge in [0.25, 0.3) is 0 Å². The van der Waals surface area contributed by atoms with Crippen LogP contribution in [0.4, 0.5) is 0 Å². The molecule has 7 heteroatoms. The molecule has 27 heavy (non-hydrogen) atoms. The number of hydrogen-bond donors (Lipinski definition) is 2. The summed E-state index contributed by atoms with van der Waals surface area (Å²) in [5.74, 6) is 0.0434. The Morgan fingerprint density at radius 3 is 2.70 bits per heavy atom. The third-order valence-electron chi connectivity index (χ3n) is 5.45. The third-order valence-corrected chi connectivity index (χ3v) is 5.45. The first-order chi connectivity index (χ1) is 13.0. The predicted octanol–water partition coefficient (Wildman–Crippen LogP) is 1.06. The average molecular weight is 372 g/mol. The average Bonchev–Trinajstić information content (AvgIpc) is 3.08. The molecule has 0 radical (unpaired) electrons. The van der Waals surface area contributed by atoms with E-state index in [1.807, 2.05) is 44.4 Å². The van der Waals surface area contributed by atoms with Crippen molar-refractivity contribution >= 4 is 11.8 Å². The summed E-state index contributed by atoms with van der Waals surface area (Å²) >= 11 is 0. The number of amides is 2. The SMILES string of the molecule is CCC(C)C1NC(=O)C2C(CCN2C#[O+])Oc2ccc(cc2)CCNC1=O. The number of benzene rings is 1. The number of fused-ring (bicyclic) bond motifs is 8. The number of likely N-dealkylation sites (tertiary alicyclic amines) is 1. The van der Waals surface area contributed by atoms with Crippen molar-refractivity contribution in [1.29, 1.82) is 0 Å². The summed E-state index contributed by atoms with van der Waals surface area (Å²) in [6.45, 7) is 4.79. The van der Waals surface area contributed by atoms with Crippen LogP contribution in [-0.4, -0.2) is 48.0 Å². The molecule has 4 rings (SSSR count). The molecule has 2 N–H and O–H groups in total. The molecular formula is C20H26N3O4+. The summed E-state index contributed by atoms with van der Waals surface area (Å²) in [4.78, 5) is 27.0. The second-order valence-corrected chi connectivity index (χ2v) is 7.23. The van der Waals surface area contributed by atoms with Gasteiger partial charge in [0.15, 0.2) is 0 Å². The molecule has 3 heterocycles. The number of nitrogens with one attached hydrogen (secondary N) is 2. The Balaban J connectivity index is 1.92. The fourth-order valence-electron chi connectivity index (χ4n) is 3.59. The van der Waals surface area contributed by atoms with Crippen molar-refractivity contribution in [2.75, 3.05) is 13.1 Å². The molecule has 1 aromatic rings. The zero-order valence-electron chi connectivity index (χ0n) is 15.7. The van der Waals surface area contributed by atoms with E-state index in [9.17, 15) is 14.2 Å². The number of ether oxygens (including phenoxy) is 1. The van der Waals surface area contributed by atoms with Crippen LogP contribution in [0.2, 0.25) is 0 Å². The van der Waals surface area contributed by atoms with Crippen molar-refractivity contribution in [1.82, 2.24) is 15.5 Å². The second kappa shape index (κ2) is 8.46. The van der Waals surface area contributed by atoms with Crippen LogP contribution in [0.25, 0.3) is 0 Å². The molecule has 4 unspecified atom stereocenters. The van der Waals surface area contributed by atoms with Gasteiger partial charge in [0, 0.05) is 0 Å². The topological polar surface area (TPSA) is 90.6 Å². The van der Waals surface area contributed by atoms with Gasteiger partial charge in [-0.25, -0.2) is 0 Å². The standard InChI is InChI=1S/C20H25N3O4/c1-3-13(2)17-19(25)21-10-8-14-4-6-15(7-5-14)27-16-9-11-23(12-24)18(16)20(26)22-17/h4-7,13,16-18H,3,8-11H2,1-2H3,(H-,21,22,25,26)/p+1. The van der Waals surface area contributed by atoms with Gasteiger partial charge in [0.2, 0.25) is 0 Å². The fourth-order valence-corrected chi connectivity index (χ4v) is 3.59. The van der Waals surface area contributed by atoms with Crippen LogP contribution in [0, 0.1) is 12.2 Å². The molecule has 0 aromatic heterocycles. The van der Waals surface area contributed by atoms with Gasteiger partial charge in [-0.15, -0.1) is 0 Å². The Labute approximate surface area is 159 Å². The minimum absolute atomic E-state index is 0.0328. The predicted molar refractivity (Wildman–Crippen MR) is 98.6 cm³/mol. The van der Waals surface area contributed by atoms with E-state index in [4.69, 9.17) is 4.74 Å². The van der Waals surface area contributed by atoms with Crippen LogP contribution in [0.1, 0.15) is 32.3 Å². The maximum atomic E-state index is 13.0. The monoisotopic (exact) mass is 372 g/mol. The third kappa shape index (κ3) is 4.26. The number of carbonyl (C=O) groups excluding carboxylic acids is 2. The Bertz CT molecular complexity index is 728. The van der Waals surface area contributed by atoms with E-state index in [1.165, 1.54) is 4.90 Å². The van der Waals surface area contributed by atoms with Crippen LogP contribution in [0.3, 0.4) is 0 Å². The van der Waals surface area contributed by atoms with Crippen LogP contribution >= 0.6 is 0 Å². The van der Waals surface area contributed by atoms with E-state index in [2.05, 4.69) is 10.6 Å². The van der Waals surface area contributed by atoms with E-state index < -0.39 is 18.2 Å². The zero-order valence-corrected chi connectivity index (χ0v) is 15.7. The maximum absolute atomic E-state index is 13.0. The summed E-state index contributed by atoms with van der Waals surface area (Å²) in [7, 11) is 0. The van der Waals surface area contributed by atoms with Crippen molar-refractivity contribution in [2.45, 2.75) is 51.3 Å². The Hall–Kier alpha value is -2.50. The Morgan fingerprint density at radius 1 is 1.30 bits per heavy atom. The molecule has 7 nitrogen and oxygen atoms in total. The first kappa shape index (κ1) is 19.3. The van der Waals surface area contributed by atoms with Crippen LogP contribution in [0.15, 0.2) is 24.3 Å². The number of rotatable bonds is 2. The van der Waals surface area contributed by atoms with Gasteiger partial charge in [-0.3, -0.25) is 0 Å². The van der Waals surface area contributed by atoms with Crippen molar-refractivity contribution in [3.63, 3.8) is 0 Å². The van der Waals surface area contributed by atoms with E-state index >= 15 is 0 Å². The van der Waals surface area contributed by atoms with Crippen molar-refractivity contribution in [3.8, 4) is 12.0 Å². The first-order valence-corrected chi connectivity index (χ1v) is 9.51. The number of hydrogen-bond acceptors (Lipinski definition) is 4. The van der Waals surface area contributed by atoms with Gasteiger partial charge in [-0.05, 0) is 0 Å². The van der Waals surface area contributed by atoms with E-state index in [0.29, 0.717) is 31.7 Å². The zero-order chi connectivity index (χ0) is 19.4. The minimum atomic E-state index is -0.801. The quantitative estimate of drug-likeness (QED) is 0.760. The molecule has 1 aromatic carbocycles. The Kier molecular flexibility index (Phi) is 6.04. The molecular weight excluding hydrogens is 346 g/mol. The van der Waals surface area contributed by atoms with E-state index in [-0.39, 0.29) is 17.7 Å². The molecule has 2 amide bonds. The Morgan fingerprint density at radius 2 is 2.04 bits per heavy atom. The second-order valence-electron chi connectivity index (χ2n) is 7.23. The van der Waals surface area contributed by atoms with Crippen LogP contribution in [0.5, 0.6) is 5.75 Å². The molecule has 0 saturated carbocycles. The molecule has 1 saturated heterocycles. The molecule has 2 bridgehead atoms. The summed E-state index contributed by atoms with van der Waals surface area (Å²) in [6, 6.07) is 6.16. The van der Waals surface area contributed by atoms with Crippen molar-refractivity contribution < 1.29 is 19.0 Å². The van der Waals surface area contributed by atoms with Crippen molar-refractivity contribution in [3.05, 3.63) is 29.8 Å². The number of carbonyl (C=O) groups is 2. The summed E-state index contributed by atoms with van der Waals surface area (Å²) in [5, 5.41) is 5.77. The van der Waals surface area contributed by atoms with Gasteiger partial charge in [-0.1, -0.05) is 0 Å². The summed E-state index contributed by atoms with van der Waals surface area (Å²) < 4.78 is 17.3. The fraction of sp³-hybridized carbons (Fsp3) is 0.550. The van der Waals surface area contributed by atoms with E-state index in [0.717, 1.165) is 12.0 Å². The van der Waals surface area contributed by atoms with E-state index in [1.54, 1.807) is 0 Å². The molecule has 144 valence electrons. The summed E-state index contributed by atoms with van der Waals surface area (Å²) in [6.07, 6.45) is 3.34. The van der Waals surface area contributed by atoms with Gasteiger partial charge in [0.05, 0.1) is 0 Å². The van der Waals surface area contributed by atoms with Crippen molar-refractivity contribution in [2.24, 2.45) is 5.92 Å². The molecule has 0 aliphatic carbocycles. The van der Waals surface area contributed by atoms with Gasteiger partial charge in [-0.2, -0.15) is 0 Å². The number of nitrogens with zero attached hydrogens (tertiary/aromatic N) is 1. The molecule has 4 atom stereocenters. The van der Waals surface area contributed by atoms with Gasteiger partial charge >= 0.3 is 158 Å². The molecule has 3 aliphatic rings.